The van der Waals surface area contributed by atoms with Gasteiger partial charge in [0.1, 0.15) is 6.04 Å². The minimum absolute atomic E-state index is 0.152. The topological polar surface area (TPSA) is 34.1 Å². The third kappa shape index (κ3) is 4.11. The molecule has 0 amide bonds. The summed E-state index contributed by atoms with van der Waals surface area (Å²) >= 11 is 0. The number of hydrogen-bond acceptors (Lipinski definition) is 3. The molecule has 3 nitrogen and oxygen atoms in total. The van der Waals surface area contributed by atoms with Crippen molar-refractivity contribution in [2.45, 2.75) is 19.1 Å². The highest BCUT2D eigenvalue weighted by Crippen LogP contribution is 2.35. The number of nitrogens with zero attached hydrogens (tertiary/aromatic N) is 1. The normalized spacial score (nSPS) is 12.8. The van der Waals surface area contributed by atoms with E-state index < -0.39 is 12.2 Å². The number of hydrogen-bond donors (Lipinski definition) is 1. The van der Waals surface area contributed by atoms with Gasteiger partial charge in [0.15, 0.2) is 0 Å². The predicted octanol–water partition coefficient (Wildman–Crippen LogP) is 4.20. The second-order valence-electron chi connectivity index (χ2n) is 4.35. The van der Waals surface area contributed by atoms with Crippen molar-refractivity contribution in [1.29, 1.82) is 0 Å². The predicted molar refractivity (Wildman–Crippen MR) is 74.3 cm³/mol. The largest absolute Gasteiger partial charge is 0.478 e. The molecule has 2 rings (SSSR count). The van der Waals surface area contributed by atoms with Crippen molar-refractivity contribution in [3.8, 4) is 5.88 Å². The third-order valence-electron chi connectivity index (χ3n) is 2.80. The molecule has 1 unspecified atom stereocenters. The smallest absolute Gasteiger partial charge is 0.412 e. The second-order valence-corrected chi connectivity index (χ2v) is 4.35. The second kappa shape index (κ2) is 6.47. The number of alkyl halides is 3. The molecule has 1 heterocycles. The van der Waals surface area contributed by atoms with E-state index in [9.17, 15) is 13.2 Å². The van der Waals surface area contributed by atoms with Gasteiger partial charge in [-0.3, -0.25) is 0 Å². The quantitative estimate of drug-likeness (QED) is 0.898. The molecule has 1 N–H and O–H groups in total. The van der Waals surface area contributed by atoms with Crippen LogP contribution in [0, 0.1) is 0 Å². The van der Waals surface area contributed by atoms with Crippen molar-refractivity contribution in [2.24, 2.45) is 0 Å². The Morgan fingerprint density at radius 1 is 1.14 bits per heavy atom. The molecule has 0 bridgehead atoms. The van der Waals surface area contributed by atoms with Gasteiger partial charge >= 0.3 is 6.18 Å². The number of pyridine rings is 1. The summed E-state index contributed by atoms with van der Waals surface area (Å²) in [6, 6.07) is 8.97. The lowest BCUT2D eigenvalue weighted by molar-refractivity contribution is -0.144. The van der Waals surface area contributed by atoms with E-state index in [1.54, 1.807) is 18.2 Å². The standard InChI is InChI=1S/C15H15F3N2O/c1-2-21-13-9-8-12(10-19-13)20-14(15(16,17)18)11-6-4-3-5-7-11/h3-10,14,20H,2H2,1H3. The molecule has 0 aliphatic heterocycles. The molecule has 0 aliphatic rings. The number of nitrogens with one attached hydrogen (secondary N) is 1. The van der Waals surface area contributed by atoms with Crippen LogP contribution < -0.4 is 10.1 Å². The van der Waals surface area contributed by atoms with Crippen molar-refractivity contribution < 1.29 is 17.9 Å². The molecule has 0 radical (unpaired) electrons. The van der Waals surface area contributed by atoms with Crippen LogP contribution in [0.25, 0.3) is 0 Å². The van der Waals surface area contributed by atoms with Crippen molar-refractivity contribution in [3.05, 3.63) is 54.2 Å². The third-order valence-corrected chi connectivity index (χ3v) is 2.80. The van der Waals surface area contributed by atoms with Crippen LogP contribution in [0.5, 0.6) is 5.88 Å². The molecule has 1 atom stereocenters. The Balaban J connectivity index is 2.20. The molecule has 1 aromatic heterocycles. The minimum Gasteiger partial charge on any atom is -0.478 e. The van der Waals surface area contributed by atoms with Crippen molar-refractivity contribution in [3.63, 3.8) is 0 Å². The molecule has 112 valence electrons. The number of halogens is 3. The zero-order valence-electron chi connectivity index (χ0n) is 11.4. The summed E-state index contributed by atoms with van der Waals surface area (Å²) in [5, 5.41) is 2.46. The van der Waals surface area contributed by atoms with E-state index in [1.165, 1.54) is 30.5 Å². The van der Waals surface area contributed by atoms with Crippen molar-refractivity contribution >= 4 is 5.69 Å². The SMILES string of the molecule is CCOc1ccc(NC(c2ccccc2)C(F)(F)F)cn1. The van der Waals surface area contributed by atoms with Gasteiger partial charge in [0, 0.05) is 6.07 Å². The molecule has 1 aromatic carbocycles. The van der Waals surface area contributed by atoms with Crippen LogP contribution in [0.4, 0.5) is 18.9 Å². The van der Waals surface area contributed by atoms with Gasteiger partial charge in [0.2, 0.25) is 5.88 Å². The Labute approximate surface area is 120 Å². The zero-order valence-corrected chi connectivity index (χ0v) is 11.4. The van der Waals surface area contributed by atoms with Gasteiger partial charge in [0.05, 0.1) is 18.5 Å². The minimum atomic E-state index is -4.40. The van der Waals surface area contributed by atoms with Crippen LogP contribution in [-0.4, -0.2) is 17.8 Å². The fourth-order valence-electron chi connectivity index (χ4n) is 1.87. The number of benzene rings is 1. The summed E-state index contributed by atoms with van der Waals surface area (Å²) in [7, 11) is 0. The number of ether oxygens (including phenoxy) is 1. The maximum absolute atomic E-state index is 13.2. The maximum atomic E-state index is 13.2. The first-order valence-electron chi connectivity index (χ1n) is 6.47. The van der Waals surface area contributed by atoms with Gasteiger partial charge in [0.25, 0.3) is 0 Å². The van der Waals surface area contributed by atoms with Crippen LogP contribution in [0.1, 0.15) is 18.5 Å². The molecule has 0 saturated heterocycles. The lowest BCUT2D eigenvalue weighted by Gasteiger charge is -2.23. The Morgan fingerprint density at radius 3 is 2.38 bits per heavy atom. The highest BCUT2D eigenvalue weighted by molar-refractivity contribution is 5.45. The van der Waals surface area contributed by atoms with Crippen molar-refractivity contribution in [1.82, 2.24) is 4.98 Å². The van der Waals surface area contributed by atoms with E-state index in [-0.39, 0.29) is 11.3 Å². The van der Waals surface area contributed by atoms with Gasteiger partial charge < -0.3 is 10.1 Å². The highest BCUT2D eigenvalue weighted by atomic mass is 19.4. The molecule has 0 fully saturated rings. The van der Waals surface area contributed by atoms with Crippen LogP contribution in [-0.2, 0) is 0 Å². The Morgan fingerprint density at radius 2 is 1.86 bits per heavy atom. The van der Waals surface area contributed by atoms with E-state index in [2.05, 4.69) is 10.3 Å². The average molecular weight is 296 g/mol. The molecule has 0 spiro atoms. The molecule has 0 saturated carbocycles. The highest BCUT2D eigenvalue weighted by Gasteiger charge is 2.40. The van der Waals surface area contributed by atoms with Crippen molar-refractivity contribution in [2.75, 3.05) is 11.9 Å². The van der Waals surface area contributed by atoms with Gasteiger partial charge in [-0.15, -0.1) is 0 Å². The van der Waals surface area contributed by atoms with E-state index in [1.807, 2.05) is 6.92 Å². The van der Waals surface area contributed by atoms with E-state index >= 15 is 0 Å². The monoisotopic (exact) mass is 296 g/mol. The summed E-state index contributed by atoms with van der Waals surface area (Å²) in [5.74, 6) is 0.381. The lowest BCUT2D eigenvalue weighted by atomic mass is 10.1. The first kappa shape index (κ1) is 15.2. The molecule has 21 heavy (non-hydrogen) atoms. The van der Waals surface area contributed by atoms with Crippen LogP contribution in [0.3, 0.4) is 0 Å². The first-order valence-corrected chi connectivity index (χ1v) is 6.47. The average Bonchev–Trinajstić information content (AvgIpc) is 2.46. The maximum Gasteiger partial charge on any atom is 0.412 e. The Kier molecular flexibility index (Phi) is 4.67. The van der Waals surface area contributed by atoms with Gasteiger partial charge in [-0.05, 0) is 18.6 Å². The molecular weight excluding hydrogens is 281 g/mol. The van der Waals surface area contributed by atoms with E-state index in [0.717, 1.165) is 0 Å². The molecule has 0 aliphatic carbocycles. The van der Waals surface area contributed by atoms with E-state index in [4.69, 9.17) is 4.74 Å². The summed E-state index contributed by atoms with van der Waals surface area (Å²) in [4.78, 5) is 3.95. The Bertz CT molecular complexity index is 555. The van der Waals surface area contributed by atoms with Crippen LogP contribution in [0.15, 0.2) is 48.7 Å². The molecular formula is C15H15F3N2O. The first-order chi connectivity index (χ1) is 10.0. The number of anilines is 1. The lowest BCUT2D eigenvalue weighted by Crippen LogP contribution is -2.27. The number of rotatable bonds is 5. The molecule has 2 aromatic rings. The Hall–Kier alpha value is -2.24. The zero-order chi connectivity index (χ0) is 15.3. The summed E-state index contributed by atoms with van der Waals surface area (Å²) in [6.07, 6.45) is -3.08. The summed E-state index contributed by atoms with van der Waals surface area (Å²) in [5.41, 5.74) is 0.434. The molecule has 6 heteroatoms. The fraction of sp³-hybridized carbons (Fsp3) is 0.267. The van der Waals surface area contributed by atoms with Gasteiger partial charge in [-0.2, -0.15) is 13.2 Å². The fourth-order valence-corrected chi connectivity index (χ4v) is 1.87. The summed E-state index contributed by atoms with van der Waals surface area (Å²) in [6.45, 7) is 2.26. The number of aromatic nitrogens is 1. The van der Waals surface area contributed by atoms with Crippen LogP contribution >= 0.6 is 0 Å². The van der Waals surface area contributed by atoms with Gasteiger partial charge in [-0.1, -0.05) is 30.3 Å². The summed E-state index contributed by atoms with van der Waals surface area (Å²) < 4.78 is 44.7. The van der Waals surface area contributed by atoms with E-state index in [0.29, 0.717) is 12.5 Å². The van der Waals surface area contributed by atoms with Gasteiger partial charge in [-0.25, -0.2) is 4.98 Å². The van der Waals surface area contributed by atoms with Crippen LogP contribution in [0.2, 0.25) is 0 Å².